The Morgan fingerprint density at radius 2 is 1.72 bits per heavy atom. The second-order valence-corrected chi connectivity index (χ2v) is 6.77. The molecule has 0 spiro atoms. The lowest BCUT2D eigenvalue weighted by molar-refractivity contribution is 0.0940. The van der Waals surface area contributed by atoms with Gasteiger partial charge >= 0.3 is 0 Å². The Labute approximate surface area is 171 Å². The molecule has 160 valence electrons. The number of aryl methyl sites for hydroxylation is 2. The van der Waals surface area contributed by atoms with Crippen molar-refractivity contribution < 1.29 is 27.1 Å². The van der Waals surface area contributed by atoms with Crippen molar-refractivity contribution in [3.05, 3.63) is 45.2 Å². The molecule has 29 heavy (non-hydrogen) atoms. The van der Waals surface area contributed by atoms with Gasteiger partial charge in [-0.3, -0.25) is 9.48 Å². The summed E-state index contributed by atoms with van der Waals surface area (Å²) in [6.45, 7) is 2.85. The number of aromatic nitrogens is 2. The molecule has 1 N–H and O–H groups in total. The number of nitrogens with one attached hydrogen (secondary N) is 1. The molecule has 2 rings (SSSR count). The highest BCUT2D eigenvalue weighted by atomic mass is 35.5. The number of hydrogen-bond donors (Lipinski definition) is 1. The summed E-state index contributed by atoms with van der Waals surface area (Å²) in [5, 5.41) is 6.37. The number of halogens is 5. The molecule has 0 fully saturated rings. The van der Waals surface area contributed by atoms with Gasteiger partial charge in [0.15, 0.2) is 17.4 Å². The van der Waals surface area contributed by atoms with Crippen LogP contribution >= 0.6 is 11.6 Å². The van der Waals surface area contributed by atoms with Crippen LogP contribution in [0.15, 0.2) is 0 Å². The Hall–Kier alpha value is -2.29. The highest BCUT2D eigenvalue weighted by molar-refractivity contribution is 6.34. The molecule has 1 amide bonds. The average molecular weight is 436 g/mol. The van der Waals surface area contributed by atoms with E-state index < -0.39 is 47.0 Å². The Balaban J connectivity index is 2.21. The molecule has 0 bridgehead atoms. The van der Waals surface area contributed by atoms with Crippen molar-refractivity contribution in [1.82, 2.24) is 15.1 Å². The molecule has 5 nitrogen and oxygen atoms in total. The Bertz CT molecular complexity index is 873. The number of amides is 1. The van der Waals surface area contributed by atoms with Crippen molar-refractivity contribution in [2.75, 3.05) is 6.61 Å². The second kappa shape index (κ2) is 9.96. The van der Waals surface area contributed by atoms with Gasteiger partial charge in [0, 0.05) is 19.2 Å². The third-order valence-corrected chi connectivity index (χ3v) is 4.74. The van der Waals surface area contributed by atoms with Crippen LogP contribution in [0.2, 0.25) is 5.02 Å². The van der Waals surface area contributed by atoms with E-state index in [1.54, 1.807) is 6.92 Å². The lowest BCUT2D eigenvalue weighted by Gasteiger charge is -2.13. The standard InChI is InChI=1S/C19H22ClF4N3O2/c1-4-6-7-8-29-18-15(23)13(21)10(14(22)16(18)24)9-25-19(28)17-12(20)11(5-2)26-27(17)3/h4-9H2,1-3H3,(H,25,28). The molecule has 0 atom stereocenters. The van der Waals surface area contributed by atoms with Gasteiger partial charge in [-0.1, -0.05) is 38.3 Å². The third-order valence-electron chi connectivity index (χ3n) is 4.34. The maximum absolute atomic E-state index is 14.3. The molecule has 0 saturated carbocycles. The van der Waals surface area contributed by atoms with E-state index in [0.29, 0.717) is 18.5 Å². The molecule has 10 heteroatoms. The quantitative estimate of drug-likeness (QED) is 0.353. The number of benzene rings is 1. The largest absolute Gasteiger partial charge is 0.487 e. The Kier molecular flexibility index (Phi) is 7.89. The van der Waals surface area contributed by atoms with Gasteiger partial charge in [-0.2, -0.15) is 13.9 Å². The number of ether oxygens (including phenoxy) is 1. The van der Waals surface area contributed by atoms with Gasteiger partial charge in [-0.15, -0.1) is 0 Å². The zero-order valence-electron chi connectivity index (χ0n) is 16.3. The van der Waals surface area contributed by atoms with Gasteiger partial charge in [0.05, 0.1) is 17.3 Å². The molecule has 0 unspecified atom stereocenters. The van der Waals surface area contributed by atoms with Gasteiger partial charge in [-0.25, -0.2) is 8.78 Å². The first kappa shape index (κ1) is 23.0. The molecule has 0 aliphatic rings. The van der Waals surface area contributed by atoms with Crippen LogP contribution in [0.1, 0.15) is 54.9 Å². The summed E-state index contributed by atoms with van der Waals surface area (Å²) < 4.78 is 63.0. The first-order chi connectivity index (χ1) is 13.7. The topological polar surface area (TPSA) is 56.1 Å². The minimum absolute atomic E-state index is 0.0267. The van der Waals surface area contributed by atoms with E-state index in [2.05, 4.69) is 10.4 Å². The summed E-state index contributed by atoms with van der Waals surface area (Å²) in [6, 6.07) is 0. The number of carbonyl (C=O) groups excluding carboxylic acids is 1. The summed E-state index contributed by atoms with van der Waals surface area (Å²) in [5.41, 5.74) is -0.511. The van der Waals surface area contributed by atoms with Crippen molar-refractivity contribution in [2.45, 2.75) is 46.1 Å². The van der Waals surface area contributed by atoms with Gasteiger partial charge in [0.1, 0.15) is 5.69 Å². The molecule has 0 aliphatic heterocycles. The molecular formula is C19H22ClF4N3O2. The number of unbranched alkanes of at least 4 members (excludes halogenated alkanes) is 2. The molecule has 0 radical (unpaired) electrons. The Morgan fingerprint density at radius 1 is 1.10 bits per heavy atom. The van der Waals surface area contributed by atoms with Crippen LogP contribution in [0, 0.1) is 23.3 Å². The summed E-state index contributed by atoms with van der Waals surface area (Å²) in [4.78, 5) is 12.3. The first-order valence-corrected chi connectivity index (χ1v) is 9.59. The van der Waals surface area contributed by atoms with E-state index in [1.165, 1.54) is 11.7 Å². The fourth-order valence-corrected chi connectivity index (χ4v) is 3.12. The van der Waals surface area contributed by atoms with Crippen LogP contribution in [0.4, 0.5) is 17.6 Å². The SMILES string of the molecule is CCCCCOc1c(F)c(F)c(CNC(=O)c2c(Cl)c(CC)nn2C)c(F)c1F. The van der Waals surface area contributed by atoms with Crippen LogP contribution in [0.25, 0.3) is 0 Å². The average Bonchev–Trinajstić information content (AvgIpc) is 2.99. The number of hydrogen-bond acceptors (Lipinski definition) is 3. The lowest BCUT2D eigenvalue weighted by atomic mass is 10.1. The summed E-state index contributed by atoms with van der Waals surface area (Å²) in [7, 11) is 1.48. The predicted octanol–water partition coefficient (Wildman–Crippen LogP) is 4.69. The molecule has 0 saturated heterocycles. The van der Waals surface area contributed by atoms with Crippen LogP contribution in [0.3, 0.4) is 0 Å². The monoisotopic (exact) mass is 435 g/mol. The smallest absolute Gasteiger partial charge is 0.271 e. The Morgan fingerprint density at radius 3 is 2.24 bits per heavy atom. The molecular weight excluding hydrogens is 414 g/mol. The zero-order valence-corrected chi connectivity index (χ0v) is 17.1. The summed E-state index contributed by atoms with van der Waals surface area (Å²) in [6.07, 6.45) is 2.55. The third kappa shape index (κ3) is 4.83. The number of nitrogens with zero attached hydrogens (tertiary/aromatic N) is 2. The van der Waals surface area contributed by atoms with Crippen molar-refractivity contribution in [2.24, 2.45) is 7.05 Å². The highest BCUT2D eigenvalue weighted by Gasteiger charge is 2.27. The maximum Gasteiger partial charge on any atom is 0.271 e. The van der Waals surface area contributed by atoms with Crippen LogP contribution in [0.5, 0.6) is 5.75 Å². The van der Waals surface area contributed by atoms with E-state index in [4.69, 9.17) is 16.3 Å². The van der Waals surface area contributed by atoms with Gasteiger partial charge < -0.3 is 10.1 Å². The minimum Gasteiger partial charge on any atom is -0.487 e. The van der Waals surface area contributed by atoms with Crippen molar-refractivity contribution in [1.29, 1.82) is 0 Å². The van der Waals surface area contributed by atoms with Crippen molar-refractivity contribution >= 4 is 17.5 Å². The van der Waals surface area contributed by atoms with E-state index in [-0.39, 0.29) is 17.3 Å². The van der Waals surface area contributed by atoms with E-state index in [1.807, 2.05) is 6.92 Å². The van der Waals surface area contributed by atoms with Crippen LogP contribution < -0.4 is 10.1 Å². The van der Waals surface area contributed by atoms with Crippen LogP contribution in [-0.2, 0) is 20.0 Å². The fraction of sp³-hybridized carbons (Fsp3) is 0.474. The molecule has 0 aliphatic carbocycles. The molecule has 1 heterocycles. The number of carbonyl (C=O) groups is 1. The predicted molar refractivity (Wildman–Crippen MR) is 100 cm³/mol. The van der Waals surface area contributed by atoms with Gasteiger partial charge in [0.25, 0.3) is 5.91 Å². The molecule has 2 aromatic rings. The number of rotatable bonds is 9. The lowest BCUT2D eigenvalue weighted by Crippen LogP contribution is -2.27. The van der Waals surface area contributed by atoms with Gasteiger partial charge in [0.2, 0.25) is 11.6 Å². The summed E-state index contributed by atoms with van der Waals surface area (Å²) >= 11 is 6.08. The van der Waals surface area contributed by atoms with Crippen LogP contribution in [-0.4, -0.2) is 22.3 Å². The van der Waals surface area contributed by atoms with Crippen molar-refractivity contribution in [3.8, 4) is 5.75 Å². The van der Waals surface area contributed by atoms with Gasteiger partial charge in [-0.05, 0) is 12.8 Å². The highest BCUT2D eigenvalue weighted by Crippen LogP contribution is 2.30. The normalized spacial score (nSPS) is 11.0. The van der Waals surface area contributed by atoms with E-state index in [0.717, 1.165) is 12.8 Å². The van der Waals surface area contributed by atoms with E-state index in [9.17, 15) is 22.4 Å². The minimum atomic E-state index is -1.64. The van der Waals surface area contributed by atoms with Crippen molar-refractivity contribution in [3.63, 3.8) is 0 Å². The maximum atomic E-state index is 14.3. The molecule has 1 aromatic carbocycles. The molecule has 1 aromatic heterocycles. The zero-order chi connectivity index (χ0) is 21.7. The summed E-state index contributed by atoms with van der Waals surface area (Å²) in [5.74, 6) is -8.43. The fourth-order valence-electron chi connectivity index (χ4n) is 2.74. The first-order valence-electron chi connectivity index (χ1n) is 9.21. The second-order valence-electron chi connectivity index (χ2n) is 6.39. The van der Waals surface area contributed by atoms with E-state index >= 15 is 0 Å².